The molecule has 2 saturated heterocycles. The van der Waals surface area contributed by atoms with Gasteiger partial charge in [0.15, 0.2) is 0 Å². The Bertz CT molecular complexity index is 602. The van der Waals surface area contributed by atoms with Crippen LogP contribution in [-0.4, -0.2) is 29.1 Å². The van der Waals surface area contributed by atoms with E-state index < -0.39 is 17.6 Å². The van der Waals surface area contributed by atoms with E-state index in [-0.39, 0.29) is 5.57 Å². The fraction of sp³-hybridized carbons (Fsp3) is 0.154. The van der Waals surface area contributed by atoms with Gasteiger partial charge in [-0.15, -0.1) is 23.5 Å². The van der Waals surface area contributed by atoms with Crippen LogP contribution in [0.5, 0.6) is 0 Å². The zero-order valence-electron chi connectivity index (χ0n) is 9.79. The summed E-state index contributed by atoms with van der Waals surface area (Å²) in [5.41, 5.74) is 0.482. The molecule has 0 unspecified atom stereocenters. The normalized spacial score (nSPS) is 19.8. The van der Waals surface area contributed by atoms with Crippen LogP contribution in [0.1, 0.15) is 0 Å². The molecule has 4 nitrogen and oxygen atoms in total. The molecule has 0 N–H and O–H groups in total. The topological polar surface area (TPSA) is 54.5 Å². The van der Waals surface area contributed by atoms with Crippen molar-refractivity contribution >= 4 is 46.8 Å². The summed E-state index contributed by atoms with van der Waals surface area (Å²) in [6, 6.07) is 8.53. The van der Waals surface area contributed by atoms with Crippen LogP contribution in [0.4, 0.5) is 5.69 Å². The minimum atomic E-state index is -0.758. The molecule has 96 valence electrons. The van der Waals surface area contributed by atoms with Crippen molar-refractivity contribution in [2.45, 2.75) is 0 Å². The molecule has 0 aromatic heterocycles. The summed E-state index contributed by atoms with van der Waals surface area (Å²) < 4.78 is 0.682. The van der Waals surface area contributed by atoms with Gasteiger partial charge in [0, 0.05) is 11.5 Å². The second kappa shape index (κ2) is 4.86. The van der Waals surface area contributed by atoms with Crippen LogP contribution in [0.3, 0.4) is 0 Å². The number of anilines is 1. The average Bonchev–Trinajstić information content (AvgIpc) is 3.00. The second-order valence-corrected chi connectivity index (χ2v) is 6.44. The highest BCUT2D eigenvalue weighted by Crippen LogP contribution is 2.41. The van der Waals surface area contributed by atoms with Crippen LogP contribution in [0.2, 0.25) is 0 Å². The highest BCUT2D eigenvalue weighted by molar-refractivity contribution is 8.25. The Morgan fingerprint density at radius 3 is 2.16 bits per heavy atom. The van der Waals surface area contributed by atoms with Crippen molar-refractivity contribution in [3.63, 3.8) is 0 Å². The first-order valence-corrected chi connectivity index (χ1v) is 7.65. The van der Waals surface area contributed by atoms with Crippen LogP contribution in [-0.2, 0) is 14.4 Å². The Kier molecular flexibility index (Phi) is 3.20. The monoisotopic (exact) mass is 291 g/mol. The lowest BCUT2D eigenvalue weighted by Gasteiger charge is -2.11. The number of imide groups is 1. The van der Waals surface area contributed by atoms with E-state index in [2.05, 4.69) is 0 Å². The number of carbonyl (C=O) groups is 3. The minimum absolute atomic E-state index is 0.0429. The van der Waals surface area contributed by atoms with Gasteiger partial charge in [-0.05, 0) is 12.1 Å². The Morgan fingerprint density at radius 1 is 0.895 bits per heavy atom. The van der Waals surface area contributed by atoms with Crippen LogP contribution in [0.15, 0.2) is 40.1 Å². The molecular formula is C13H9NO3S2. The smallest absolute Gasteiger partial charge is 0.283 e. The summed E-state index contributed by atoms with van der Waals surface area (Å²) in [6.45, 7) is 0. The molecule has 2 fully saturated rings. The summed E-state index contributed by atoms with van der Waals surface area (Å²) in [5, 5.41) is 0. The lowest BCUT2D eigenvalue weighted by molar-refractivity contribution is -0.132. The highest BCUT2D eigenvalue weighted by Gasteiger charge is 2.45. The summed E-state index contributed by atoms with van der Waals surface area (Å²) >= 11 is 2.94. The lowest BCUT2D eigenvalue weighted by atomic mass is 10.2. The van der Waals surface area contributed by atoms with E-state index in [4.69, 9.17) is 0 Å². The number of ketones is 1. The Hall–Kier alpha value is -1.53. The van der Waals surface area contributed by atoms with Gasteiger partial charge in [-0.1, -0.05) is 18.2 Å². The number of amides is 2. The van der Waals surface area contributed by atoms with E-state index in [0.29, 0.717) is 9.92 Å². The number of Topliss-reactive ketones (excluding diaryl/α,β-unsaturated/α-hetero) is 1. The van der Waals surface area contributed by atoms with Gasteiger partial charge in [-0.25, -0.2) is 4.90 Å². The Morgan fingerprint density at radius 2 is 1.53 bits per heavy atom. The Balaban J connectivity index is 2.06. The first-order valence-electron chi connectivity index (χ1n) is 5.68. The van der Waals surface area contributed by atoms with Crippen LogP contribution < -0.4 is 4.90 Å². The molecule has 2 amide bonds. The maximum Gasteiger partial charge on any atom is 0.306 e. The first kappa shape index (κ1) is 12.5. The molecule has 0 aliphatic carbocycles. The van der Waals surface area contributed by atoms with Gasteiger partial charge in [0.05, 0.1) is 9.92 Å². The zero-order valence-corrected chi connectivity index (χ0v) is 11.4. The number of benzene rings is 1. The molecule has 0 radical (unpaired) electrons. The molecule has 1 aromatic rings. The SMILES string of the molecule is O=C1C(=O)N(c2ccccc2)C(=O)C1=C1SCCS1. The van der Waals surface area contributed by atoms with E-state index in [1.165, 1.54) is 23.5 Å². The maximum atomic E-state index is 12.3. The minimum Gasteiger partial charge on any atom is -0.283 e. The number of para-hydroxylation sites is 1. The standard InChI is InChI=1S/C13H9NO3S2/c15-10-9(13-18-6-7-19-13)11(16)14(12(10)17)8-4-2-1-3-5-8/h1-5H,6-7H2. The molecule has 19 heavy (non-hydrogen) atoms. The van der Waals surface area contributed by atoms with E-state index in [9.17, 15) is 14.4 Å². The quantitative estimate of drug-likeness (QED) is 0.342. The summed E-state index contributed by atoms with van der Waals surface area (Å²) in [4.78, 5) is 37.3. The Labute approximate surface area is 118 Å². The second-order valence-electron chi connectivity index (χ2n) is 3.97. The molecule has 0 bridgehead atoms. The fourth-order valence-electron chi connectivity index (χ4n) is 1.96. The van der Waals surface area contributed by atoms with E-state index >= 15 is 0 Å². The van der Waals surface area contributed by atoms with Crippen molar-refractivity contribution < 1.29 is 14.4 Å². The van der Waals surface area contributed by atoms with Gasteiger partial charge in [0.2, 0.25) is 0 Å². The van der Waals surface area contributed by atoms with Crippen LogP contribution in [0, 0.1) is 0 Å². The van der Waals surface area contributed by atoms with Crippen LogP contribution >= 0.6 is 23.5 Å². The number of thioether (sulfide) groups is 2. The third-order valence-electron chi connectivity index (χ3n) is 2.81. The number of rotatable bonds is 1. The molecule has 0 spiro atoms. The number of nitrogens with zero attached hydrogens (tertiary/aromatic N) is 1. The van der Waals surface area contributed by atoms with Gasteiger partial charge in [0.1, 0.15) is 5.57 Å². The van der Waals surface area contributed by atoms with E-state index in [1.807, 2.05) is 0 Å². The predicted molar refractivity (Wildman–Crippen MR) is 75.9 cm³/mol. The maximum absolute atomic E-state index is 12.3. The molecule has 6 heteroatoms. The van der Waals surface area contributed by atoms with Gasteiger partial charge in [-0.2, -0.15) is 0 Å². The van der Waals surface area contributed by atoms with Gasteiger partial charge < -0.3 is 0 Å². The predicted octanol–water partition coefficient (Wildman–Crippen LogP) is 1.82. The molecule has 2 aliphatic rings. The number of hydrogen-bond acceptors (Lipinski definition) is 5. The molecule has 1 aromatic carbocycles. The molecule has 3 rings (SSSR count). The molecule has 0 atom stereocenters. The van der Waals surface area contributed by atoms with Crippen molar-refractivity contribution in [1.29, 1.82) is 0 Å². The van der Waals surface area contributed by atoms with Gasteiger partial charge in [0.25, 0.3) is 11.7 Å². The van der Waals surface area contributed by atoms with Crippen molar-refractivity contribution in [2.75, 3.05) is 16.4 Å². The largest absolute Gasteiger partial charge is 0.306 e. The van der Waals surface area contributed by atoms with Crippen molar-refractivity contribution in [2.24, 2.45) is 0 Å². The van der Waals surface area contributed by atoms with Gasteiger partial charge in [-0.3, -0.25) is 14.4 Å². The number of hydrogen-bond donors (Lipinski definition) is 0. The first-order chi connectivity index (χ1) is 9.20. The highest BCUT2D eigenvalue weighted by atomic mass is 32.2. The third kappa shape index (κ3) is 2.01. The molecule has 2 aliphatic heterocycles. The number of carbonyl (C=O) groups excluding carboxylic acids is 3. The molecule has 0 saturated carbocycles. The van der Waals surface area contributed by atoms with E-state index in [1.54, 1.807) is 30.3 Å². The van der Waals surface area contributed by atoms with E-state index in [0.717, 1.165) is 16.4 Å². The summed E-state index contributed by atoms with van der Waals surface area (Å²) in [7, 11) is 0. The summed E-state index contributed by atoms with van der Waals surface area (Å²) in [6.07, 6.45) is 0. The lowest BCUT2D eigenvalue weighted by Crippen LogP contribution is -2.30. The average molecular weight is 291 g/mol. The molecule has 2 heterocycles. The summed E-state index contributed by atoms with van der Waals surface area (Å²) in [5.74, 6) is -0.219. The van der Waals surface area contributed by atoms with Crippen LogP contribution in [0.25, 0.3) is 0 Å². The van der Waals surface area contributed by atoms with Crippen molar-refractivity contribution in [3.8, 4) is 0 Å². The fourth-order valence-corrected chi connectivity index (χ4v) is 4.48. The van der Waals surface area contributed by atoms with Gasteiger partial charge >= 0.3 is 5.91 Å². The van der Waals surface area contributed by atoms with Crippen molar-refractivity contribution in [3.05, 3.63) is 40.1 Å². The van der Waals surface area contributed by atoms with Crippen molar-refractivity contribution in [1.82, 2.24) is 0 Å². The zero-order chi connectivity index (χ0) is 13.4. The third-order valence-corrected chi connectivity index (χ3v) is 5.52. The molecular weight excluding hydrogens is 282 g/mol.